The Morgan fingerprint density at radius 2 is 1.75 bits per heavy atom. The number of alkyl halides is 2. The van der Waals surface area contributed by atoms with Gasteiger partial charge in [-0.3, -0.25) is 9.48 Å². The largest absolute Gasteiger partial charge is 0.376 e. The number of hydrogen-bond acceptors (Lipinski definition) is 9. The number of likely N-dealkylation sites (tertiary alicyclic amines) is 1. The normalized spacial score (nSPS) is 23.4. The maximum atomic E-state index is 16.3. The summed E-state index contributed by atoms with van der Waals surface area (Å²) in [6, 6.07) is 2.92. The minimum Gasteiger partial charge on any atom is -0.376 e. The molecule has 3 N–H and O–H groups in total. The quantitative estimate of drug-likeness (QED) is 0.138. The molecule has 0 radical (unpaired) electrons. The van der Waals surface area contributed by atoms with Crippen molar-refractivity contribution in [3.8, 4) is 0 Å². The fourth-order valence-corrected chi connectivity index (χ4v) is 10.4. The number of rotatable bonds is 7. The van der Waals surface area contributed by atoms with Crippen molar-refractivity contribution < 1.29 is 22.0 Å². The van der Waals surface area contributed by atoms with Gasteiger partial charge in [-0.05, 0) is 88.4 Å². The summed E-state index contributed by atoms with van der Waals surface area (Å²) >= 11 is 6.56. The number of nitrogens with one attached hydrogen (secondary N) is 3. The third kappa shape index (κ3) is 7.80. The average Bonchev–Trinajstić information content (AvgIpc) is 3.50. The molecule has 4 unspecified atom stereocenters. The molecule has 3 fully saturated rings. The van der Waals surface area contributed by atoms with Gasteiger partial charge in [-0.25, -0.2) is 26.9 Å². The highest BCUT2D eigenvalue weighted by Crippen LogP contribution is 2.42. The Balaban J connectivity index is 0.854. The Kier molecular flexibility index (Phi) is 11.2. The molecule has 11 nitrogen and oxygen atoms in total. The van der Waals surface area contributed by atoms with Crippen molar-refractivity contribution in [1.29, 1.82) is 0 Å². The van der Waals surface area contributed by atoms with Crippen molar-refractivity contribution in [3.63, 3.8) is 0 Å². The molecule has 0 saturated carbocycles. The van der Waals surface area contributed by atoms with Crippen LogP contribution in [0.25, 0.3) is 21.8 Å². The fourth-order valence-electron chi connectivity index (χ4n) is 10.3. The number of nitrogens with zero attached hydrogens (tertiary/aromatic N) is 7. The minimum absolute atomic E-state index is 0.0135. The van der Waals surface area contributed by atoms with Crippen LogP contribution in [-0.2, 0) is 20.5 Å². The van der Waals surface area contributed by atoms with Gasteiger partial charge in [0.1, 0.15) is 22.2 Å². The maximum absolute atomic E-state index is 16.3. The zero-order valence-electron chi connectivity index (χ0n) is 35.9. The van der Waals surface area contributed by atoms with E-state index in [9.17, 15) is 13.6 Å². The van der Waals surface area contributed by atoms with Crippen molar-refractivity contribution in [1.82, 2.24) is 34.5 Å². The van der Waals surface area contributed by atoms with Crippen LogP contribution in [-0.4, -0.2) is 73.9 Å². The number of aromatic nitrogens is 5. The van der Waals surface area contributed by atoms with E-state index in [2.05, 4.69) is 55.9 Å². The van der Waals surface area contributed by atoms with Crippen LogP contribution in [0, 0.1) is 29.3 Å². The molecule has 2 aromatic carbocycles. The van der Waals surface area contributed by atoms with Gasteiger partial charge in [0.2, 0.25) is 5.95 Å². The van der Waals surface area contributed by atoms with Crippen molar-refractivity contribution in [2.45, 2.75) is 82.6 Å². The van der Waals surface area contributed by atoms with Gasteiger partial charge in [0.15, 0.2) is 11.6 Å². The van der Waals surface area contributed by atoms with Gasteiger partial charge in [0.25, 0.3) is 11.5 Å². The summed E-state index contributed by atoms with van der Waals surface area (Å²) in [6.07, 6.45) is 4.46. The Hall–Kier alpha value is -5.22. The summed E-state index contributed by atoms with van der Waals surface area (Å²) in [6.45, 7) is 15.3. The summed E-state index contributed by atoms with van der Waals surface area (Å²) in [5.74, 6) is -3.95. The summed E-state index contributed by atoms with van der Waals surface area (Å²) in [4.78, 5) is 26.9. The molecule has 0 aliphatic carbocycles. The van der Waals surface area contributed by atoms with Gasteiger partial charge in [0.05, 0.1) is 34.8 Å². The van der Waals surface area contributed by atoms with Crippen molar-refractivity contribution in [3.05, 3.63) is 98.6 Å². The van der Waals surface area contributed by atoms with Crippen LogP contribution in [0.4, 0.5) is 45.1 Å². The number of fused-ring (bicyclic) bond motifs is 4. The van der Waals surface area contributed by atoms with Crippen LogP contribution in [0.1, 0.15) is 81.0 Å². The summed E-state index contributed by atoms with van der Waals surface area (Å²) in [5, 5.41) is 14.8. The Morgan fingerprint density at radius 1 is 0.984 bits per heavy atom. The highest BCUT2D eigenvalue weighted by molar-refractivity contribution is 6.33. The van der Waals surface area contributed by atoms with Crippen LogP contribution < -0.4 is 26.4 Å². The predicted octanol–water partition coefficient (Wildman–Crippen LogP) is 9.25. The average molecular weight is 891 g/mol. The monoisotopic (exact) mass is 890 g/mol. The Labute approximate surface area is 367 Å². The number of halogens is 6. The number of allylic oxidation sites excluding steroid dienone is 2. The van der Waals surface area contributed by atoms with Crippen molar-refractivity contribution in [2.75, 3.05) is 48.3 Å². The van der Waals surface area contributed by atoms with Crippen molar-refractivity contribution >= 4 is 56.5 Å². The first-order valence-corrected chi connectivity index (χ1v) is 22.1. The second-order valence-electron chi connectivity index (χ2n) is 18.1. The maximum Gasteiger partial charge on any atom is 0.267 e. The molecular formula is C46H52ClF5N10O. The van der Waals surface area contributed by atoms with E-state index in [0.717, 1.165) is 50.3 Å². The first-order valence-electron chi connectivity index (χ1n) is 21.7. The number of aryl methyl sites for hydroxylation is 2. The Bertz CT molecular complexity index is 2730. The second kappa shape index (κ2) is 16.4. The lowest BCUT2D eigenvalue weighted by molar-refractivity contribution is -0.0196. The van der Waals surface area contributed by atoms with E-state index in [1.54, 1.807) is 7.05 Å². The fraction of sp³-hybridized carbons (Fsp3) is 0.478. The molecular weight excluding hydrogens is 839 g/mol. The number of benzene rings is 2. The molecule has 63 heavy (non-hydrogen) atoms. The standard InChI is InChI=1S/C46H52ClF5N10O/c1-23-21-62(45-53-20-33(47)43(57-45)56-36-18-31-37(19-34(36)48)59(5)44(63)30-9-13-46(51,52)26(4)55-40(30)31)16-12-28(23)22-61-14-10-27(11-15-61)38-35(49)17-32-41(58-60(6)42(32)39(38)50)29-8-7-24(2)54-25(29)3/h17-20,23,26-29,54-55H,2-3,7-16,21-22H2,1,4-6H3,(H,53,56,57). The molecule has 0 amide bonds. The van der Waals surface area contributed by atoms with Crippen LogP contribution in [0.2, 0.25) is 5.02 Å². The molecule has 0 bridgehead atoms. The highest BCUT2D eigenvalue weighted by Gasteiger charge is 2.40. The van der Waals surface area contributed by atoms with Gasteiger partial charge in [-0.2, -0.15) is 10.1 Å². The molecule has 4 atom stereocenters. The van der Waals surface area contributed by atoms with Crippen molar-refractivity contribution in [2.24, 2.45) is 25.9 Å². The molecule has 3 aromatic heterocycles. The first kappa shape index (κ1) is 43.1. The van der Waals surface area contributed by atoms with Gasteiger partial charge in [0, 0.05) is 85.4 Å². The number of hydrogen-bond donors (Lipinski definition) is 3. The lowest BCUT2D eigenvalue weighted by Crippen LogP contribution is -2.45. The summed E-state index contributed by atoms with van der Waals surface area (Å²) < 4.78 is 80.3. The molecule has 0 spiro atoms. The third-order valence-electron chi connectivity index (χ3n) is 14.0. The lowest BCUT2D eigenvalue weighted by atomic mass is 9.84. The van der Waals surface area contributed by atoms with E-state index in [1.165, 1.54) is 47.6 Å². The highest BCUT2D eigenvalue weighted by atomic mass is 35.5. The van der Waals surface area contributed by atoms with E-state index in [1.807, 2.05) is 0 Å². The molecule has 9 rings (SSSR count). The van der Waals surface area contributed by atoms with Gasteiger partial charge in [-0.15, -0.1) is 0 Å². The SMILES string of the molecule is C=C1CCC(c2nn(C)c3c(F)c(C4CCN(CC5CCN(c6ncc(Cl)c(Nc7cc8c9c(c(=O)n(C)c8cc7F)CCC(F)(F)C(C)N9)n6)CC5C)CC4)c(F)cc23)C(=C)N1. The van der Waals surface area contributed by atoms with Gasteiger partial charge in [-0.1, -0.05) is 31.7 Å². The van der Waals surface area contributed by atoms with Crippen LogP contribution in [0.5, 0.6) is 0 Å². The van der Waals surface area contributed by atoms with Crippen LogP contribution >= 0.6 is 11.6 Å². The minimum atomic E-state index is -3.04. The topological polar surface area (TPSA) is 108 Å². The molecule has 17 heteroatoms. The zero-order chi connectivity index (χ0) is 44.6. The smallest absolute Gasteiger partial charge is 0.267 e. The second-order valence-corrected chi connectivity index (χ2v) is 18.5. The summed E-state index contributed by atoms with van der Waals surface area (Å²) in [5.41, 5.74) is 3.02. The van der Waals surface area contributed by atoms with E-state index in [0.29, 0.717) is 59.8 Å². The van der Waals surface area contributed by atoms with Gasteiger partial charge < -0.3 is 30.3 Å². The lowest BCUT2D eigenvalue weighted by Gasteiger charge is -2.41. The van der Waals surface area contributed by atoms with E-state index >= 15 is 13.2 Å². The predicted molar refractivity (Wildman–Crippen MR) is 238 cm³/mol. The van der Waals surface area contributed by atoms with E-state index in [-0.39, 0.29) is 63.0 Å². The molecule has 334 valence electrons. The van der Waals surface area contributed by atoms with Crippen LogP contribution in [0.3, 0.4) is 0 Å². The molecule has 7 heterocycles. The molecule has 5 aromatic rings. The van der Waals surface area contributed by atoms with E-state index < -0.39 is 41.4 Å². The van der Waals surface area contributed by atoms with Gasteiger partial charge >= 0.3 is 0 Å². The third-order valence-corrected chi connectivity index (χ3v) is 14.3. The van der Waals surface area contributed by atoms with Crippen LogP contribution in [0.15, 0.2) is 53.7 Å². The number of anilines is 4. The first-order chi connectivity index (χ1) is 30.0. The molecule has 4 aliphatic rings. The molecule has 4 aliphatic heterocycles. The number of pyridine rings is 1. The van der Waals surface area contributed by atoms with E-state index in [4.69, 9.17) is 16.6 Å². The summed E-state index contributed by atoms with van der Waals surface area (Å²) in [7, 11) is 3.21. The molecule has 3 saturated heterocycles. The number of piperidine rings is 3. The zero-order valence-corrected chi connectivity index (χ0v) is 36.7. The Morgan fingerprint density at radius 3 is 2.48 bits per heavy atom.